The summed E-state index contributed by atoms with van der Waals surface area (Å²) in [5.74, 6) is 0. The minimum absolute atomic E-state index is 0.0394. The number of aromatic nitrogens is 1. The molecule has 40 valence electrons. The van der Waals surface area contributed by atoms with E-state index in [1.165, 1.54) is 0 Å². The van der Waals surface area contributed by atoms with Gasteiger partial charge in [0.2, 0.25) is 0 Å². The summed E-state index contributed by atoms with van der Waals surface area (Å²) in [5.41, 5.74) is 0.218. The van der Waals surface area contributed by atoms with Gasteiger partial charge in [0.05, 0.1) is 0 Å². The summed E-state index contributed by atoms with van der Waals surface area (Å²) in [5, 5.41) is 19.7. The first-order valence-electron chi connectivity index (χ1n) is 2.13. The molecule has 1 rings (SSSR count). The summed E-state index contributed by atoms with van der Waals surface area (Å²) in [6, 6.07) is 3.45. The third-order valence-corrected chi connectivity index (χ3v) is 0.796. The predicted octanol–water partition coefficient (Wildman–Crippen LogP) is -0.244. The van der Waals surface area contributed by atoms with Crippen molar-refractivity contribution in [3.63, 3.8) is 0 Å². The molecule has 0 radical (unpaired) electrons. The molecule has 0 spiro atoms. The first-order chi connectivity index (χ1) is 4.38. The zero-order chi connectivity index (χ0) is 6.69. The van der Waals surface area contributed by atoms with Crippen molar-refractivity contribution in [1.82, 2.24) is 5.16 Å². The van der Waals surface area contributed by atoms with Crippen molar-refractivity contribution in [3.8, 4) is 12.1 Å². The van der Waals surface area contributed by atoms with Crippen LogP contribution in [0.25, 0.3) is 0 Å². The Labute approximate surface area is 51.5 Å². The third kappa shape index (κ3) is 0.800. The standard InChI is InChI=1S/C4BN3O/c6-1-3-4(2-7)8-9-5-3. The molecule has 9 heavy (non-hydrogen) atoms. The van der Waals surface area contributed by atoms with Crippen molar-refractivity contribution < 1.29 is 4.44 Å². The zero-order valence-electron chi connectivity index (χ0n) is 4.33. The van der Waals surface area contributed by atoms with E-state index >= 15 is 0 Å². The Balaban J connectivity index is 3.22. The van der Waals surface area contributed by atoms with Crippen LogP contribution in [0.3, 0.4) is 0 Å². The van der Waals surface area contributed by atoms with Gasteiger partial charge in [0.1, 0.15) is 0 Å². The van der Waals surface area contributed by atoms with Crippen LogP contribution in [0.2, 0.25) is 0 Å². The number of hydrogen-bond acceptors (Lipinski definition) is 4. The molecule has 0 aromatic carbocycles. The topological polar surface area (TPSA) is 73.6 Å². The Morgan fingerprint density at radius 3 is 2.67 bits per heavy atom. The van der Waals surface area contributed by atoms with E-state index < -0.39 is 0 Å². The van der Waals surface area contributed by atoms with E-state index in [2.05, 4.69) is 9.59 Å². The molecule has 0 N–H and O–H groups in total. The van der Waals surface area contributed by atoms with E-state index in [9.17, 15) is 0 Å². The molecule has 0 fully saturated rings. The second-order valence-corrected chi connectivity index (χ2v) is 1.30. The Morgan fingerprint density at radius 2 is 2.22 bits per heavy atom. The summed E-state index contributed by atoms with van der Waals surface area (Å²) in [6.07, 6.45) is 0. The molecule has 0 bridgehead atoms. The predicted molar refractivity (Wildman–Crippen MR) is 27.3 cm³/mol. The quantitative estimate of drug-likeness (QED) is 0.469. The van der Waals surface area contributed by atoms with Crippen LogP contribution in [-0.4, -0.2) is 12.3 Å². The van der Waals surface area contributed by atoms with Crippen molar-refractivity contribution >= 4 is 7.13 Å². The Bertz CT molecular complexity index is 263. The van der Waals surface area contributed by atoms with E-state index in [0.29, 0.717) is 0 Å². The fraction of sp³-hybridized carbons (Fsp3) is 0. The van der Waals surface area contributed by atoms with E-state index in [-0.39, 0.29) is 11.2 Å². The molecular weight excluding hydrogens is 117 g/mol. The van der Waals surface area contributed by atoms with Gasteiger partial charge in [-0.25, -0.2) is 0 Å². The second kappa shape index (κ2) is 2.10. The number of nitrogens with zero attached hydrogens (tertiary/aromatic N) is 3. The molecule has 1 aromatic heterocycles. The van der Waals surface area contributed by atoms with Gasteiger partial charge in [-0.15, -0.1) is 0 Å². The van der Waals surface area contributed by atoms with Crippen LogP contribution in [0.1, 0.15) is 11.2 Å². The van der Waals surface area contributed by atoms with E-state index in [4.69, 9.17) is 10.5 Å². The SMILES string of the molecule is N#Cc1bonc1C#N. The number of nitriles is 2. The average Bonchev–Trinajstić information content (AvgIpc) is 2.33. The van der Waals surface area contributed by atoms with Crippen molar-refractivity contribution in [1.29, 1.82) is 10.5 Å². The molecule has 0 saturated heterocycles. The van der Waals surface area contributed by atoms with Gasteiger partial charge in [-0.1, -0.05) is 0 Å². The summed E-state index contributed by atoms with van der Waals surface area (Å²) in [6.45, 7) is 0. The van der Waals surface area contributed by atoms with Gasteiger partial charge in [0.25, 0.3) is 0 Å². The van der Waals surface area contributed by atoms with Crippen LogP contribution in [0.5, 0.6) is 0 Å². The maximum atomic E-state index is 8.24. The fourth-order valence-corrected chi connectivity index (χ4v) is 0.397. The number of rotatable bonds is 0. The number of hydrogen-bond donors (Lipinski definition) is 0. The van der Waals surface area contributed by atoms with E-state index in [1.807, 2.05) is 0 Å². The van der Waals surface area contributed by atoms with Crippen molar-refractivity contribution in [2.24, 2.45) is 0 Å². The zero-order valence-corrected chi connectivity index (χ0v) is 4.33. The molecule has 0 unspecified atom stereocenters. The second-order valence-electron chi connectivity index (χ2n) is 1.30. The molecule has 0 aliphatic carbocycles. The minimum atomic E-state index is 0.0394. The molecule has 1 heterocycles. The van der Waals surface area contributed by atoms with E-state index in [0.717, 1.165) is 7.13 Å². The molecule has 5 heteroatoms. The molecule has 0 atom stereocenters. The van der Waals surface area contributed by atoms with Crippen LogP contribution in [-0.2, 0) is 0 Å². The van der Waals surface area contributed by atoms with Crippen LogP contribution >= 0.6 is 0 Å². The first kappa shape index (κ1) is 5.52. The maximum absolute atomic E-state index is 8.24. The molecule has 0 aliphatic rings. The van der Waals surface area contributed by atoms with E-state index in [1.54, 1.807) is 12.1 Å². The van der Waals surface area contributed by atoms with Crippen molar-refractivity contribution in [2.45, 2.75) is 0 Å². The summed E-state index contributed by atoms with van der Waals surface area (Å²) in [4.78, 5) is 0. The normalized spacial score (nSPS) is 7.33. The fourth-order valence-electron chi connectivity index (χ4n) is 0.397. The van der Waals surface area contributed by atoms with Gasteiger partial charge in [-0.2, -0.15) is 0 Å². The Hall–Kier alpha value is -1.62. The van der Waals surface area contributed by atoms with Gasteiger partial charge in [-0.3, -0.25) is 0 Å². The molecule has 1 aromatic rings. The van der Waals surface area contributed by atoms with Crippen molar-refractivity contribution in [2.75, 3.05) is 0 Å². The monoisotopic (exact) mass is 117 g/mol. The Morgan fingerprint density at radius 1 is 1.44 bits per heavy atom. The van der Waals surface area contributed by atoms with Gasteiger partial charge >= 0.3 is 50.5 Å². The van der Waals surface area contributed by atoms with Gasteiger partial charge in [-0.05, 0) is 0 Å². The van der Waals surface area contributed by atoms with Crippen molar-refractivity contribution in [3.05, 3.63) is 11.2 Å². The van der Waals surface area contributed by atoms with Crippen LogP contribution in [0.4, 0.5) is 0 Å². The first-order valence-corrected chi connectivity index (χ1v) is 2.13. The molecular formula is C4BN3O. The average molecular weight is 117 g/mol. The van der Waals surface area contributed by atoms with Gasteiger partial charge in [0, 0.05) is 0 Å². The van der Waals surface area contributed by atoms with Crippen LogP contribution < -0.4 is 0 Å². The summed E-state index contributed by atoms with van der Waals surface area (Å²) < 4.78 is 4.33. The van der Waals surface area contributed by atoms with Crippen LogP contribution in [0.15, 0.2) is 4.44 Å². The van der Waals surface area contributed by atoms with Gasteiger partial charge < -0.3 is 0 Å². The molecule has 0 saturated carbocycles. The summed E-state index contributed by atoms with van der Waals surface area (Å²) >= 11 is 0. The Kier molecular flexibility index (Phi) is 1.29. The van der Waals surface area contributed by atoms with Gasteiger partial charge in [0.15, 0.2) is 0 Å². The van der Waals surface area contributed by atoms with Crippen LogP contribution in [0, 0.1) is 22.7 Å². The molecule has 4 nitrogen and oxygen atoms in total. The molecule has 0 aliphatic heterocycles. The molecule has 0 amide bonds. The summed E-state index contributed by atoms with van der Waals surface area (Å²) in [7, 11) is 1.14. The third-order valence-electron chi connectivity index (χ3n) is 0.796.